The summed E-state index contributed by atoms with van der Waals surface area (Å²) in [7, 11) is 3.12. The molecule has 0 aliphatic rings. The summed E-state index contributed by atoms with van der Waals surface area (Å²) in [6.07, 6.45) is 0.716. The van der Waals surface area contributed by atoms with Gasteiger partial charge in [0.25, 0.3) is 11.8 Å². The molecule has 0 unspecified atom stereocenters. The Morgan fingerprint density at radius 1 is 1.02 bits per heavy atom. The molecular formula is C33H38N6O6. The van der Waals surface area contributed by atoms with Gasteiger partial charge in [0.1, 0.15) is 29.5 Å². The molecule has 0 fully saturated rings. The number of amides is 4. The fourth-order valence-corrected chi connectivity index (χ4v) is 4.34. The normalized spacial score (nSPS) is 13.1. The van der Waals surface area contributed by atoms with Gasteiger partial charge >= 0.3 is 0 Å². The van der Waals surface area contributed by atoms with E-state index in [1.807, 2.05) is 43.3 Å². The zero-order valence-corrected chi connectivity index (χ0v) is 26.0. The van der Waals surface area contributed by atoms with Crippen LogP contribution in [0.1, 0.15) is 51.8 Å². The molecule has 0 saturated carbocycles. The molecular weight excluding hydrogens is 576 g/mol. The van der Waals surface area contributed by atoms with Gasteiger partial charge in [-0.2, -0.15) is 5.26 Å². The van der Waals surface area contributed by atoms with Crippen molar-refractivity contribution in [3.63, 3.8) is 0 Å². The first-order valence-corrected chi connectivity index (χ1v) is 14.4. The van der Waals surface area contributed by atoms with Gasteiger partial charge in [0.2, 0.25) is 11.8 Å². The highest BCUT2D eigenvalue weighted by Crippen LogP contribution is 2.14. The minimum Gasteiger partial charge on any atom is -0.391 e. The van der Waals surface area contributed by atoms with Gasteiger partial charge in [0.15, 0.2) is 5.69 Å². The van der Waals surface area contributed by atoms with E-state index in [1.54, 1.807) is 39.2 Å². The topological polar surface area (TPSA) is 178 Å². The van der Waals surface area contributed by atoms with Gasteiger partial charge in [0, 0.05) is 26.7 Å². The van der Waals surface area contributed by atoms with Crippen molar-refractivity contribution in [1.29, 1.82) is 5.26 Å². The number of benzene rings is 2. The van der Waals surface area contributed by atoms with Crippen LogP contribution in [0.3, 0.4) is 0 Å². The largest absolute Gasteiger partial charge is 0.391 e. The summed E-state index contributed by atoms with van der Waals surface area (Å²) >= 11 is 0. The van der Waals surface area contributed by atoms with E-state index < -0.39 is 41.8 Å². The highest BCUT2D eigenvalue weighted by Gasteiger charge is 2.30. The Morgan fingerprint density at radius 3 is 2.33 bits per heavy atom. The van der Waals surface area contributed by atoms with Crippen LogP contribution < -0.4 is 16.0 Å². The molecule has 4 N–H and O–H groups in total. The molecule has 0 spiro atoms. The van der Waals surface area contributed by atoms with Crippen LogP contribution in [-0.2, 0) is 27.3 Å². The quantitative estimate of drug-likeness (QED) is 0.167. The lowest BCUT2D eigenvalue weighted by molar-refractivity contribution is -0.131. The van der Waals surface area contributed by atoms with E-state index in [9.17, 15) is 29.5 Å². The number of aryl methyl sites for hydroxylation is 3. The molecule has 0 bridgehead atoms. The third-order valence-electron chi connectivity index (χ3n) is 6.87. The van der Waals surface area contributed by atoms with E-state index in [2.05, 4.69) is 21.1 Å². The minimum absolute atomic E-state index is 0.0234. The van der Waals surface area contributed by atoms with Crippen molar-refractivity contribution in [3.05, 3.63) is 93.9 Å². The van der Waals surface area contributed by atoms with E-state index in [1.165, 1.54) is 24.0 Å². The summed E-state index contributed by atoms with van der Waals surface area (Å²) in [4.78, 5) is 53.0. The van der Waals surface area contributed by atoms with E-state index in [0.29, 0.717) is 17.7 Å². The molecule has 3 aromatic rings. The molecule has 2 aromatic carbocycles. The summed E-state index contributed by atoms with van der Waals surface area (Å²) in [5, 5.41) is 31.4. The van der Waals surface area contributed by atoms with Crippen LogP contribution in [0.4, 0.5) is 0 Å². The van der Waals surface area contributed by atoms with Crippen LogP contribution in [0.5, 0.6) is 0 Å². The Bertz CT molecular complexity index is 1590. The van der Waals surface area contributed by atoms with Gasteiger partial charge in [-0.05, 0) is 56.4 Å². The molecule has 1 aromatic heterocycles. The van der Waals surface area contributed by atoms with Gasteiger partial charge in [-0.1, -0.05) is 59.3 Å². The molecule has 0 aliphatic heterocycles. The molecule has 0 saturated heterocycles. The lowest BCUT2D eigenvalue weighted by Crippen LogP contribution is -2.57. The second-order valence-corrected chi connectivity index (χ2v) is 10.9. The van der Waals surface area contributed by atoms with Crippen molar-refractivity contribution in [2.24, 2.45) is 0 Å². The summed E-state index contributed by atoms with van der Waals surface area (Å²) in [6, 6.07) is 15.7. The third-order valence-corrected chi connectivity index (χ3v) is 6.87. The standard InChI is InChI=1S/C33H38N6O6/c1-20-9-11-24(12-10-20)19-35-30(41)27(36-32(43)29(22(3)40)37-31(42)28-15-21(2)45-38-28)14-13-23-7-6-8-25(16-23)17-26(18-34)33(44)39(4)5/h6-12,15-17,22,27,29,40H,13-14,19H2,1-5H3,(H,35,41)(H,36,43)(H,37,42)/t22-,27+,29+/m1/s1. The summed E-state index contributed by atoms with van der Waals surface area (Å²) in [5.41, 5.74) is 3.29. The monoisotopic (exact) mass is 614 g/mol. The number of likely N-dealkylation sites (N-methyl/N-ethyl adjacent to an activating group) is 1. The van der Waals surface area contributed by atoms with Crippen molar-refractivity contribution in [1.82, 2.24) is 26.0 Å². The number of aliphatic hydroxyl groups excluding tert-OH is 1. The number of rotatable bonds is 13. The second kappa shape index (κ2) is 16.0. The molecule has 12 nitrogen and oxygen atoms in total. The number of nitrogens with one attached hydrogen (secondary N) is 3. The van der Waals surface area contributed by atoms with Gasteiger partial charge < -0.3 is 30.5 Å². The predicted octanol–water partition coefficient (Wildman–Crippen LogP) is 2.20. The number of carbonyl (C=O) groups excluding carboxylic acids is 4. The number of nitrogens with zero attached hydrogens (tertiary/aromatic N) is 3. The van der Waals surface area contributed by atoms with E-state index in [4.69, 9.17) is 4.52 Å². The Labute approximate surface area is 262 Å². The number of nitriles is 1. The maximum atomic E-state index is 13.4. The Kier molecular flexibility index (Phi) is 12.1. The highest BCUT2D eigenvalue weighted by atomic mass is 16.5. The van der Waals surface area contributed by atoms with Crippen molar-refractivity contribution in [3.8, 4) is 6.07 Å². The third kappa shape index (κ3) is 10.1. The minimum atomic E-state index is -1.38. The Balaban J connectivity index is 1.79. The fourth-order valence-electron chi connectivity index (χ4n) is 4.34. The smallest absolute Gasteiger partial charge is 0.274 e. The number of carbonyl (C=O) groups is 4. The second-order valence-electron chi connectivity index (χ2n) is 10.9. The molecule has 45 heavy (non-hydrogen) atoms. The van der Waals surface area contributed by atoms with E-state index in [0.717, 1.165) is 16.7 Å². The Hall–Kier alpha value is -5.28. The first-order chi connectivity index (χ1) is 21.4. The summed E-state index contributed by atoms with van der Waals surface area (Å²) in [6.45, 7) is 5.15. The van der Waals surface area contributed by atoms with Crippen LogP contribution in [0.15, 0.2) is 64.7 Å². The van der Waals surface area contributed by atoms with Crippen LogP contribution in [0, 0.1) is 25.2 Å². The lowest BCUT2D eigenvalue weighted by atomic mass is 10.0. The van der Waals surface area contributed by atoms with Crippen molar-refractivity contribution in [2.75, 3.05) is 14.1 Å². The van der Waals surface area contributed by atoms with Gasteiger partial charge in [-0.25, -0.2) is 0 Å². The molecule has 1 heterocycles. The predicted molar refractivity (Wildman–Crippen MR) is 166 cm³/mol. The fraction of sp³-hybridized carbons (Fsp3) is 0.333. The number of aromatic nitrogens is 1. The Morgan fingerprint density at radius 2 is 1.73 bits per heavy atom. The molecule has 236 valence electrons. The maximum absolute atomic E-state index is 13.4. The lowest BCUT2D eigenvalue weighted by Gasteiger charge is -2.24. The first kappa shape index (κ1) is 34.2. The zero-order valence-electron chi connectivity index (χ0n) is 26.0. The number of aliphatic hydroxyl groups is 1. The molecule has 0 radical (unpaired) electrons. The van der Waals surface area contributed by atoms with Crippen molar-refractivity contribution in [2.45, 2.75) is 58.3 Å². The first-order valence-electron chi connectivity index (χ1n) is 14.4. The average molecular weight is 615 g/mol. The maximum Gasteiger partial charge on any atom is 0.274 e. The molecule has 3 atom stereocenters. The van der Waals surface area contributed by atoms with Crippen LogP contribution in [0.25, 0.3) is 6.08 Å². The molecule has 3 rings (SSSR count). The van der Waals surface area contributed by atoms with Crippen molar-refractivity contribution >= 4 is 29.7 Å². The van der Waals surface area contributed by atoms with Crippen LogP contribution >= 0.6 is 0 Å². The van der Waals surface area contributed by atoms with Gasteiger partial charge in [-0.3, -0.25) is 19.2 Å². The number of hydrogen-bond acceptors (Lipinski definition) is 8. The average Bonchev–Trinajstić information content (AvgIpc) is 3.45. The molecule has 12 heteroatoms. The zero-order chi connectivity index (χ0) is 33.1. The molecule has 0 aliphatic carbocycles. The van der Waals surface area contributed by atoms with Crippen LogP contribution in [-0.4, -0.2) is 71.1 Å². The molecule has 4 amide bonds. The number of hydrogen-bond donors (Lipinski definition) is 4. The van der Waals surface area contributed by atoms with E-state index in [-0.39, 0.29) is 24.2 Å². The van der Waals surface area contributed by atoms with Crippen LogP contribution in [0.2, 0.25) is 0 Å². The van der Waals surface area contributed by atoms with Gasteiger partial charge in [0.05, 0.1) is 6.10 Å². The van der Waals surface area contributed by atoms with E-state index >= 15 is 0 Å². The van der Waals surface area contributed by atoms with Crippen molar-refractivity contribution < 1.29 is 28.8 Å². The SMILES string of the molecule is Cc1ccc(CNC(=O)[C@H](CCc2cccc(C=C(C#N)C(=O)N(C)C)c2)NC(=O)[C@@H](NC(=O)c2cc(C)on2)[C@@H](C)O)cc1. The van der Waals surface area contributed by atoms with Gasteiger partial charge in [-0.15, -0.1) is 0 Å². The summed E-state index contributed by atoms with van der Waals surface area (Å²) in [5.74, 6) is -1.95. The summed E-state index contributed by atoms with van der Waals surface area (Å²) < 4.78 is 4.92. The highest BCUT2D eigenvalue weighted by molar-refractivity contribution is 6.01.